The number of hydrogen-bond donors (Lipinski definition) is 0. The summed E-state index contributed by atoms with van der Waals surface area (Å²) in [4.78, 5) is 7.61. The summed E-state index contributed by atoms with van der Waals surface area (Å²) in [5.41, 5.74) is 0.693. The fourth-order valence-corrected chi connectivity index (χ4v) is 12.5. The van der Waals surface area contributed by atoms with E-state index in [0.29, 0.717) is 10.9 Å². The van der Waals surface area contributed by atoms with Crippen LogP contribution in [0.15, 0.2) is 79.1 Å². The SMILES string of the molecule is C1=CC2Sc3cccc4c3P3c5c(cccc5S4)SC(=C1)C23. The highest BCUT2D eigenvalue weighted by atomic mass is 32.2. The van der Waals surface area contributed by atoms with E-state index in [1.165, 1.54) is 19.6 Å². The van der Waals surface area contributed by atoms with Crippen LogP contribution in [-0.4, -0.2) is 10.9 Å². The van der Waals surface area contributed by atoms with Crippen LogP contribution in [0.5, 0.6) is 0 Å². The van der Waals surface area contributed by atoms with E-state index < -0.39 is 0 Å². The van der Waals surface area contributed by atoms with E-state index in [-0.39, 0.29) is 7.92 Å². The fourth-order valence-electron chi connectivity index (χ4n) is 3.70. The highest BCUT2D eigenvalue weighted by Crippen LogP contribution is 2.65. The average molecular weight is 354 g/mol. The lowest BCUT2D eigenvalue weighted by Crippen LogP contribution is -2.41. The van der Waals surface area contributed by atoms with Crippen LogP contribution in [0.4, 0.5) is 0 Å². The maximum absolute atomic E-state index is 2.42. The van der Waals surface area contributed by atoms with Crippen LogP contribution in [0.2, 0.25) is 0 Å². The smallest absolute Gasteiger partial charge is 0.0397 e. The monoisotopic (exact) mass is 354 g/mol. The molecule has 0 nitrogen and oxygen atoms in total. The molecule has 3 aliphatic heterocycles. The molecule has 2 aromatic rings. The third-order valence-electron chi connectivity index (χ3n) is 4.56. The van der Waals surface area contributed by atoms with Crippen molar-refractivity contribution in [2.24, 2.45) is 0 Å². The van der Waals surface area contributed by atoms with Gasteiger partial charge < -0.3 is 0 Å². The van der Waals surface area contributed by atoms with Crippen molar-refractivity contribution in [3.63, 3.8) is 0 Å². The Balaban J connectivity index is 1.75. The maximum Gasteiger partial charge on any atom is 0.0397 e. The van der Waals surface area contributed by atoms with Gasteiger partial charge in [0.15, 0.2) is 0 Å². The largest absolute Gasteiger partial charge is 0.117 e. The summed E-state index contributed by atoms with van der Waals surface area (Å²) < 4.78 is 0. The van der Waals surface area contributed by atoms with Gasteiger partial charge in [-0.05, 0) is 37.1 Å². The quantitative estimate of drug-likeness (QED) is 0.612. The van der Waals surface area contributed by atoms with Gasteiger partial charge >= 0.3 is 0 Å². The number of thioether (sulfide) groups is 2. The van der Waals surface area contributed by atoms with E-state index in [0.717, 1.165) is 0 Å². The van der Waals surface area contributed by atoms with Crippen molar-refractivity contribution in [2.75, 3.05) is 0 Å². The molecule has 0 amide bonds. The first-order valence-electron chi connectivity index (χ1n) is 7.36. The van der Waals surface area contributed by atoms with Gasteiger partial charge in [0.25, 0.3) is 0 Å². The van der Waals surface area contributed by atoms with Gasteiger partial charge in [0.2, 0.25) is 0 Å². The van der Waals surface area contributed by atoms with Crippen molar-refractivity contribution in [1.29, 1.82) is 0 Å². The second kappa shape index (κ2) is 4.48. The van der Waals surface area contributed by atoms with Gasteiger partial charge in [-0.1, -0.05) is 53.9 Å². The zero-order chi connectivity index (χ0) is 14.3. The molecule has 3 unspecified atom stereocenters. The molecule has 22 heavy (non-hydrogen) atoms. The average Bonchev–Trinajstić information content (AvgIpc) is 2.55. The molecule has 0 aromatic heterocycles. The lowest BCUT2D eigenvalue weighted by molar-refractivity contribution is 1.03. The molecule has 6 rings (SSSR count). The summed E-state index contributed by atoms with van der Waals surface area (Å²) in [7, 11) is -0.246. The van der Waals surface area contributed by atoms with Crippen LogP contribution in [0.3, 0.4) is 0 Å². The van der Waals surface area contributed by atoms with Gasteiger partial charge in [0, 0.05) is 41.1 Å². The normalized spacial score (nSPS) is 28.9. The van der Waals surface area contributed by atoms with Crippen molar-refractivity contribution in [1.82, 2.24) is 0 Å². The van der Waals surface area contributed by atoms with Gasteiger partial charge in [-0.15, -0.1) is 11.8 Å². The van der Waals surface area contributed by atoms with E-state index in [4.69, 9.17) is 0 Å². The maximum atomic E-state index is 2.42. The Labute approximate surface area is 143 Å². The van der Waals surface area contributed by atoms with Gasteiger partial charge in [0.1, 0.15) is 0 Å². The van der Waals surface area contributed by atoms with Crippen molar-refractivity contribution >= 4 is 53.8 Å². The van der Waals surface area contributed by atoms with Crippen LogP contribution >= 0.6 is 43.2 Å². The molecular formula is C18H11PS3. The summed E-state index contributed by atoms with van der Waals surface area (Å²) >= 11 is 6.07. The van der Waals surface area contributed by atoms with Crippen LogP contribution in [0, 0.1) is 0 Å². The molecule has 106 valence electrons. The van der Waals surface area contributed by atoms with Crippen molar-refractivity contribution in [3.05, 3.63) is 59.5 Å². The van der Waals surface area contributed by atoms with Gasteiger partial charge in [0.05, 0.1) is 0 Å². The van der Waals surface area contributed by atoms with E-state index in [1.54, 1.807) is 15.5 Å². The number of hydrogen-bond acceptors (Lipinski definition) is 3. The van der Waals surface area contributed by atoms with Gasteiger partial charge in [-0.25, -0.2) is 0 Å². The minimum Gasteiger partial charge on any atom is -0.117 e. The Hall–Kier alpha value is -0.600. The van der Waals surface area contributed by atoms with E-state index in [1.807, 2.05) is 23.5 Å². The third-order valence-corrected chi connectivity index (χ3v) is 12.2. The van der Waals surface area contributed by atoms with Crippen LogP contribution in [-0.2, 0) is 0 Å². The third kappa shape index (κ3) is 1.54. The van der Waals surface area contributed by atoms with Crippen LogP contribution < -0.4 is 10.6 Å². The number of rotatable bonds is 0. The molecule has 0 bridgehead atoms. The van der Waals surface area contributed by atoms with Crippen molar-refractivity contribution < 1.29 is 0 Å². The van der Waals surface area contributed by atoms with E-state index >= 15 is 0 Å². The summed E-state index contributed by atoms with van der Waals surface area (Å²) in [5.74, 6) is 0. The summed E-state index contributed by atoms with van der Waals surface area (Å²) in [6.45, 7) is 0. The van der Waals surface area contributed by atoms with Crippen molar-refractivity contribution in [3.8, 4) is 0 Å². The second-order valence-electron chi connectivity index (χ2n) is 5.76. The Morgan fingerprint density at radius 1 is 0.818 bits per heavy atom. The molecule has 3 heterocycles. The molecule has 4 aliphatic rings. The Kier molecular flexibility index (Phi) is 2.60. The van der Waals surface area contributed by atoms with E-state index in [9.17, 15) is 0 Å². The highest BCUT2D eigenvalue weighted by molar-refractivity contribution is 8.08. The Morgan fingerprint density at radius 3 is 2.32 bits per heavy atom. The predicted octanol–water partition coefficient (Wildman–Crippen LogP) is 4.99. The first kappa shape index (κ1) is 12.8. The van der Waals surface area contributed by atoms with Gasteiger partial charge in [-0.3, -0.25) is 0 Å². The first-order chi connectivity index (χ1) is 10.9. The summed E-state index contributed by atoms with van der Waals surface area (Å²) in [6.07, 6.45) is 7.06. The fraction of sp³-hybridized carbons (Fsp3) is 0.111. The zero-order valence-electron chi connectivity index (χ0n) is 11.5. The molecule has 3 atom stereocenters. The Bertz CT molecular complexity index is 899. The highest BCUT2D eigenvalue weighted by Gasteiger charge is 2.47. The minimum atomic E-state index is -0.246. The zero-order valence-corrected chi connectivity index (χ0v) is 14.9. The standard InChI is InChI=1S/C18H11PS3/c1-4-10-16-11(5-1)21-13-7-3-9-15-18(13)19(16)17-12(20-10)6-2-8-14(17)22-15/h1-10,16H. The molecule has 1 aliphatic carbocycles. The molecule has 0 fully saturated rings. The Morgan fingerprint density at radius 2 is 1.50 bits per heavy atom. The van der Waals surface area contributed by atoms with E-state index in [2.05, 4.69) is 66.4 Å². The molecule has 2 aromatic carbocycles. The molecular weight excluding hydrogens is 343 g/mol. The molecule has 0 N–H and O–H groups in total. The van der Waals surface area contributed by atoms with Crippen LogP contribution in [0.25, 0.3) is 0 Å². The predicted molar refractivity (Wildman–Crippen MR) is 99.7 cm³/mol. The summed E-state index contributed by atoms with van der Waals surface area (Å²) in [5, 5.41) is 3.94. The van der Waals surface area contributed by atoms with Crippen molar-refractivity contribution in [2.45, 2.75) is 30.5 Å². The summed E-state index contributed by atoms with van der Waals surface area (Å²) in [6, 6.07) is 13.8. The number of allylic oxidation sites excluding steroid dienone is 3. The molecule has 0 radical (unpaired) electrons. The topological polar surface area (TPSA) is 0 Å². The van der Waals surface area contributed by atoms with Gasteiger partial charge in [-0.2, -0.15) is 0 Å². The lowest BCUT2D eigenvalue weighted by atomic mass is 10.2. The van der Waals surface area contributed by atoms with Crippen LogP contribution in [0.1, 0.15) is 0 Å². The first-order valence-corrected chi connectivity index (χ1v) is 11.3. The molecule has 0 saturated heterocycles. The number of benzene rings is 2. The molecule has 4 heteroatoms. The minimum absolute atomic E-state index is 0.246. The molecule has 0 saturated carbocycles. The lowest BCUT2D eigenvalue weighted by Gasteiger charge is -2.47. The second-order valence-corrected chi connectivity index (χ2v) is 11.4. The molecule has 0 spiro atoms.